The Morgan fingerprint density at radius 1 is 1.14 bits per heavy atom. The van der Waals surface area contributed by atoms with Gasteiger partial charge in [0, 0.05) is 13.0 Å². The van der Waals surface area contributed by atoms with Gasteiger partial charge in [-0.05, 0) is 55.5 Å². The van der Waals surface area contributed by atoms with Crippen LogP contribution in [0, 0.1) is 5.82 Å². The lowest BCUT2D eigenvalue weighted by Crippen LogP contribution is -2.44. The molecular formula is C22H23FN2O3. The maximum Gasteiger partial charge on any atom is 0.414 e. The number of nitrogens with zero attached hydrogens (tertiary/aromatic N) is 2. The predicted octanol–water partition coefficient (Wildman–Crippen LogP) is 3.97. The summed E-state index contributed by atoms with van der Waals surface area (Å²) in [6.07, 6.45) is 4.02. The van der Waals surface area contributed by atoms with Crippen LogP contribution in [0.1, 0.15) is 42.6 Å². The molecule has 1 saturated carbocycles. The fourth-order valence-corrected chi connectivity index (χ4v) is 4.18. The Bertz CT molecular complexity index is 906. The smallest absolute Gasteiger partial charge is 0.414 e. The number of ketones is 1. The molecule has 6 heteroatoms. The first-order valence-corrected chi connectivity index (χ1v) is 9.67. The van der Waals surface area contributed by atoms with E-state index in [1.54, 1.807) is 17.0 Å². The van der Waals surface area contributed by atoms with Crippen molar-refractivity contribution in [3.63, 3.8) is 0 Å². The Morgan fingerprint density at radius 2 is 1.89 bits per heavy atom. The van der Waals surface area contributed by atoms with E-state index in [2.05, 4.69) is 0 Å². The van der Waals surface area contributed by atoms with Gasteiger partial charge in [0.2, 0.25) is 0 Å². The van der Waals surface area contributed by atoms with Gasteiger partial charge in [-0.1, -0.05) is 18.6 Å². The Kier molecular flexibility index (Phi) is 4.87. The molecule has 1 aliphatic heterocycles. The zero-order valence-electron chi connectivity index (χ0n) is 15.9. The highest BCUT2D eigenvalue weighted by Gasteiger charge is 2.46. The quantitative estimate of drug-likeness (QED) is 0.803. The van der Waals surface area contributed by atoms with Gasteiger partial charge >= 0.3 is 6.09 Å². The SMILES string of the molecule is COC(=O)N1CCCc2nc(C3(C(=O)Cc4ccc(F)cc4)CCC3)ccc21. The van der Waals surface area contributed by atoms with E-state index in [0.29, 0.717) is 6.54 Å². The molecule has 1 amide bonds. The van der Waals surface area contributed by atoms with Crippen molar-refractivity contribution < 1.29 is 18.7 Å². The third kappa shape index (κ3) is 3.17. The number of fused-ring (bicyclic) bond motifs is 1. The molecule has 0 unspecified atom stereocenters. The van der Waals surface area contributed by atoms with Gasteiger partial charge < -0.3 is 4.74 Å². The topological polar surface area (TPSA) is 59.5 Å². The summed E-state index contributed by atoms with van der Waals surface area (Å²) in [5.41, 5.74) is 2.64. The van der Waals surface area contributed by atoms with Crippen LogP contribution in [0.2, 0.25) is 0 Å². The second kappa shape index (κ2) is 7.34. The predicted molar refractivity (Wildman–Crippen MR) is 103 cm³/mol. The molecule has 146 valence electrons. The van der Waals surface area contributed by atoms with Gasteiger partial charge in [0.25, 0.3) is 0 Å². The van der Waals surface area contributed by atoms with Crippen LogP contribution in [-0.2, 0) is 27.8 Å². The molecular weight excluding hydrogens is 359 g/mol. The van der Waals surface area contributed by atoms with Crippen molar-refractivity contribution in [1.82, 2.24) is 4.98 Å². The molecule has 0 atom stereocenters. The van der Waals surface area contributed by atoms with E-state index in [-0.39, 0.29) is 24.1 Å². The van der Waals surface area contributed by atoms with Crippen LogP contribution >= 0.6 is 0 Å². The molecule has 2 heterocycles. The number of carbonyl (C=O) groups is 2. The van der Waals surface area contributed by atoms with Crippen LogP contribution in [-0.4, -0.2) is 30.5 Å². The Balaban J connectivity index is 1.62. The first-order valence-electron chi connectivity index (χ1n) is 9.67. The van der Waals surface area contributed by atoms with Gasteiger partial charge in [-0.15, -0.1) is 0 Å². The van der Waals surface area contributed by atoms with E-state index in [1.165, 1.54) is 19.2 Å². The van der Waals surface area contributed by atoms with E-state index in [4.69, 9.17) is 9.72 Å². The van der Waals surface area contributed by atoms with Crippen molar-refractivity contribution in [3.8, 4) is 0 Å². The summed E-state index contributed by atoms with van der Waals surface area (Å²) in [5.74, 6) is -0.181. The minimum Gasteiger partial charge on any atom is -0.452 e. The summed E-state index contributed by atoms with van der Waals surface area (Å²) in [4.78, 5) is 31.6. The zero-order chi connectivity index (χ0) is 19.7. The molecule has 0 spiro atoms. The van der Waals surface area contributed by atoms with Crippen molar-refractivity contribution in [2.45, 2.75) is 43.9 Å². The van der Waals surface area contributed by atoms with Crippen molar-refractivity contribution in [1.29, 1.82) is 0 Å². The van der Waals surface area contributed by atoms with E-state index < -0.39 is 5.41 Å². The second-order valence-electron chi connectivity index (χ2n) is 7.55. The molecule has 0 N–H and O–H groups in total. The fraction of sp³-hybridized carbons (Fsp3) is 0.409. The summed E-state index contributed by atoms with van der Waals surface area (Å²) in [7, 11) is 1.37. The highest BCUT2D eigenvalue weighted by Crippen LogP contribution is 2.45. The van der Waals surface area contributed by atoms with E-state index in [9.17, 15) is 14.0 Å². The molecule has 2 aliphatic rings. The zero-order valence-corrected chi connectivity index (χ0v) is 15.9. The number of hydrogen-bond donors (Lipinski definition) is 0. The summed E-state index contributed by atoms with van der Waals surface area (Å²) >= 11 is 0. The number of ether oxygens (including phenoxy) is 1. The Morgan fingerprint density at radius 3 is 2.54 bits per heavy atom. The van der Waals surface area contributed by atoms with E-state index in [1.807, 2.05) is 12.1 Å². The molecule has 28 heavy (non-hydrogen) atoms. The monoisotopic (exact) mass is 382 g/mol. The highest BCUT2D eigenvalue weighted by atomic mass is 19.1. The number of carbonyl (C=O) groups excluding carboxylic acids is 2. The normalized spacial score (nSPS) is 17.4. The number of methoxy groups -OCH3 is 1. The molecule has 0 bridgehead atoms. The van der Waals surface area contributed by atoms with Gasteiger partial charge in [0.1, 0.15) is 11.6 Å². The highest BCUT2D eigenvalue weighted by molar-refractivity contribution is 5.93. The lowest BCUT2D eigenvalue weighted by molar-refractivity contribution is -0.127. The molecule has 1 aromatic carbocycles. The summed E-state index contributed by atoms with van der Waals surface area (Å²) in [5, 5.41) is 0. The number of rotatable bonds is 4. The van der Waals surface area contributed by atoms with Crippen LogP contribution in [0.4, 0.5) is 14.9 Å². The van der Waals surface area contributed by atoms with Gasteiger partial charge in [-0.3, -0.25) is 14.7 Å². The number of Topliss-reactive ketones (excluding diaryl/α,β-unsaturated/α-hetero) is 1. The molecule has 0 saturated heterocycles. The van der Waals surface area contributed by atoms with Crippen LogP contribution < -0.4 is 4.90 Å². The molecule has 1 aliphatic carbocycles. The fourth-order valence-electron chi connectivity index (χ4n) is 4.18. The van der Waals surface area contributed by atoms with Gasteiger partial charge in [-0.25, -0.2) is 9.18 Å². The molecule has 5 nitrogen and oxygen atoms in total. The largest absolute Gasteiger partial charge is 0.452 e. The van der Waals surface area contributed by atoms with Crippen molar-refractivity contribution in [2.24, 2.45) is 0 Å². The summed E-state index contributed by atoms with van der Waals surface area (Å²) < 4.78 is 18.0. The average Bonchev–Trinajstić information content (AvgIpc) is 2.67. The molecule has 1 aromatic heterocycles. The number of hydrogen-bond acceptors (Lipinski definition) is 4. The van der Waals surface area contributed by atoms with Crippen molar-refractivity contribution >= 4 is 17.6 Å². The van der Waals surface area contributed by atoms with E-state index >= 15 is 0 Å². The number of amides is 1. The van der Waals surface area contributed by atoms with Gasteiger partial charge in [-0.2, -0.15) is 0 Å². The summed E-state index contributed by atoms with van der Waals surface area (Å²) in [6.45, 7) is 0.606. The van der Waals surface area contributed by atoms with Crippen LogP contribution in [0.5, 0.6) is 0 Å². The Labute approximate surface area is 163 Å². The Hall–Kier alpha value is -2.76. The van der Waals surface area contributed by atoms with Crippen LogP contribution in [0.15, 0.2) is 36.4 Å². The number of pyridine rings is 1. The molecule has 1 fully saturated rings. The van der Waals surface area contributed by atoms with Crippen LogP contribution in [0.25, 0.3) is 0 Å². The number of anilines is 1. The van der Waals surface area contributed by atoms with Crippen molar-refractivity contribution in [2.75, 3.05) is 18.6 Å². The van der Waals surface area contributed by atoms with Crippen LogP contribution in [0.3, 0.4) is 0 Å². The third-order valence-corrected chi connectivity index (χ3v) is 5.94. The molecule has 0 radical (unpaired) electrons. The minimum atomic E-state index is -0.572. The third-order valence-electron chi connectivity index (χ3n) is 5.94. The van der Waals surface area contributed by atoms with Gasteiger partial charge in [0.15, 0.2) is 0 Å². The lowest BCUT2D eigenvalue weighted by Gasteiger charge is -2.41. The standard InChI is InChI=1S/C22H23FN2O3/c1-28-21(27)25-13-2-4-17-18(25)9-10-19(24-17)22(11-3-12-22)20(26)14-15-5-7-16(23)8-6-15/h5-10H,2-4,11-14H2,1H3. The maximum atomic E-state index is 13.2. The summed E-state index contributed by atoms with van der Waals surface area (Å²) in [6, 6.07) is 9.85. The number of aromatic nitrogens is 1. The molecule has 4 rings (SSSR count). The maximum absolute atomic E-state index is 13.2. The second-order valence-corrected chi connectivity index (χ2v) is 7.55. The van der Waals surface area contributed by atoms with Gasteiger partial charge in [0.05, 0.1) is 29.6 Å². The number of benzene rings is 1. The first-order chi connectivity index (χ1) is 13.5. The molecule has 2 aromatic rings. The minimum absolute atomic E-state index is 0.124. The number of halogens is 1. The number of aryl methyl sites for hydroxylation is 1. The first kappa shape index (κ1) is 18.6. The average molecular weight is 382 g/mol. The lowest BCUT2D eigenvalue weighted by atomic mass is 9.62. The van der Waals surface area contributed by atoms with E-state index in [0.717, 1.165) is 54.7 Å². The van der Waals surface area contributed by atoms with Crippen molar-refractivity contribution in [3.05, 3.63) is 59.2 Å².